The van der Waals surface area contributed by atoms with Gasteiger partial charge in [-0.15, -0.1) is 0 Å². The number of aromatic hydroxyl groups is 2. The fourth-order valence-corrected chi connectivity index (χ4v) is 14.9. The fraction of sp³-hybridized carbons (Fsp3) is 0.583. The van der Waals surface area contributed by atoms with Crippen LogP contribution in [0.4, 0.5) is 0 Å². The Bertz CT molecular complexity index is 2180. The molecule has 342 valence electrons. The van der Waals surface area contributed by atoms with Crippen LogP contribution in [-0.2, 0) is 65.2 Å². The van der Waals surface area contributed by atoms with Crippen molar-refractivity contribution in [3.8, 4) is 23.0 Å². The number of esters is 2. The minimum Gasteiger partial charge on any atom is -0.504 e. The molecule has 0 saturated carbocycles. The number of benzene rings is 2. The monoisotopic (exact) mass is 914 g/mol. The molecule has 2 aromatic carbocycles. The van der Waals surface area contributed by atoms with Crippen LogP contribution in [0.2, 0.25) is 0 Å². The quantitative estimate of drug-likeness (QED) is 0.0873. The van der Waals surface area contributed by atoms with Crippen molar-refractivity contribution in [3.63, 3.8) is 0 Å². The molecule has 4 unspecified atom stereocenters. The largest absolute Gasteiger partial charge is 0.504 e. The van der Waals surface area contributed by atoms with Gasteiger partial charge in [0, 0.05) is 97.2 Å². The standard InChI is InChI=1S/C48H58N4O10S2/c1-25(53)59-37-9-7-31-33-23-29-27(21-35(55)43-41(29)47(31,45(37)61-43)13-17-51(33)3)5-11-39(57)49-15-19-63-64-20-16-50-40(58)12-6-28-22-36(56)44-42-30(28)24-34-32-8-10-38(60-26(2)54)46(62-44)48(32,42)14-18-52(34)4/h7-10,21-22,31-34,37-38,45-46,55-56H,5-6,11-20,23-24H2,1-4H3,(H,49,57)(H,50,58)/t31?,32?,33?,34?,37-,38+,45-,46+,47-,48+. The van der Waals surface area contributed by atoms with Crippen molar-refractivity contribution in [2.75, 3.05) is 51.8 Å². The summed E-state index contributed by atoms with van der Waals surface area (Å²) < 4.78 is 24.5. The predicted octanol–water partition coefficient (Wildman–Crippen LogP) is 4.03. The first kappa shape index (κ1) is 43.5. The van der Waals surface area contributed by atoms with Gasteiger partial charge in [-0.3, -0.25) is 19.2 Å². The number of hydrogen-bond donors (Lipinski definition) is 4. The van der Waals surface area contributed by atoms with Crippen molar-refractivity contribution >= 4 is 45.3 Å². The third kappa shape index (κ3) is 6.98. The summed E-state index contributed by atoms with van der Waals surface area (Å²) in [6, 6.07) is 4.00. The molecule has 4 aliphatic heterocycles. The van der Waals surface area contributed by atoms with E-state index >= 15 is 0 Å². The van der Waals surface area contributed by atoms with Gasteiger partial charge in [-0.1, -0.05) is 33.7 Å². The zero-order chi connectivity index (χ0) is 44.7. The summed E-state index contributed by atoms with van der Waals surface area (Å²) >= 11 is 0. The van der Waals surface area contributed by atoms with Gasteiger partial charge in [0.1, 0.15) is 12.2 Å². The zero-order valence-electron chi connectivity index (χ0n) is 36.9. The maximum absolute atomic E-state index is 13.1. The predicted molar refractivity (Wildman–Crippen MR) is 242 cm³/mol. The second-order valence-electron chi connectivity index (χ2n) is 19.0. The van der Waals surface area contributed by atoms with Gasteiger partial charge in [-0.2, -0.15) is 0 Å². The Morgan fingerprint density at radius 1 is 0.703 bits per heavy atom. The smallest absolute Gasteiger partial charge is 0.303 e. The fourth-order valence-electron chi connectivity index (χ4n) is 13.0. The Balaban J connectivity index is 0.681. The van der Waals surface area contributed by atoms with Crippen LogP contribution >= 0.6 is 21.6 Å². The molecule has 2 amide bonds. The van der Waals surface area contributed by atoms with Crippen LogP contribution < -0.4 is 20.1 Å². The third-order valence-corrected chi connectivity index (χ3v) is 18.1. The molecule has 2 spiro atoms. The summed E-state index contributed by atoms with van der Waals surface area (Å²) in [7, 11) is 7.61. The molecule has 10 atom stereocenters. The Labute approximate surface area is 381 Å². The van der Waals surface area contributed by atoms with Gasteiger partial charge in [0.15, 0.2) is 35.2 Å². The molecule has 0 aromatic heterocycles. The van der Waals surface area contributed by atoms with Gasteiger partial charge < -0.3 is 49.6 Å². The number of piperidine rings is 2. The molecule has 2 aromatic rings. The molecule has 16 heteroatoms. The summed E-state index contributed by atoms with van der Waals surface area (Å²) in [4.78, 5) is 55.0. The van der Waals surface area contributed by atoms with Crippen LogP contribution in [0.3, 0.4) is 0 Å². The van der Waals surface area contributed by atoms with E-state index in [1.54, 1.807) is 33.7 Å². The molecule has 4 aliphatic carbocycles. The van der Waals surface area contributed by atoms with Crippen LogP contribution in [0.15, 0.2) is 36.4 Å². The van der Waals surface area contributed by atoms with E-state index in [4.69, 9.17) is 18.9 Å². The van der Waals surface area contributed by atoms with E-state index in [9.17, 15) is 29.4 Å². The van der Waals surface area contributed by atoms with Crippen molar-refractivity contribution in [3.05, 3.63) is 69.8 Å². The highest BCUT2D eigenvalue weighted by Gasteiger charge is 2.67. The average Bonchev–Trinajstić information content (AvgIpc) is 3.80. The van der Waals surface area contributed by atoms with E-state index in [0.717, 1.165) is 72.2 Å². The topological polar surface area (TPSA) is 176 Å². The molecule has 4 bridgehead atoms. The molecule has 14 nitrogen and oxygen atoms in total. The molecule has 0 radical (unpaired) electrons. The van der Waals surface area contributed by atoms with Gasteiger partial charge in [-0.05, 0) is 112 Å². The first-order valence-corrected chi connectivity index (χ1v) is 25.3. The van der Waals surface area contributed by atoms with Crippen LogP contribution in [0.1, 0.15) is 72.9 Å². The molecule has 4 N–H and O–H groups in total. The highest BCUT2D eigenvalue weighted by atomic mass is 33.1. The second-order valence-corrected chi connectivity index (χ2v) is 21.7. The van der Waals surface area contributed by atoms with Crippen molar-refractivity contribution in [1.82, 2.24) is 20.4 Å². The maximum atomic E-state index is 13.1. The third-order valence-electron chi connectivity index (χ3n) is 15.6. The van der Waals surface area contributed by atoms with Crippen LogP contribution in [0.25, 0.3) is 0 Å². The summed E-state index contributed by atoms with van der Waals surface area (Å²) in [5, 5.41) is 28.6. The first-order chi connectivity index (χ1) is 30.8. The van der Waals surface area contributed by atoms with Crippen molar-refractivity contribution in [1.29, 1.82) is 0 Å². The van der Waals surface area contributed by atoms with Gasteiger partial charge >= 0.3 is 11.9 Å². The number of aryl methyl sites for hydroxylation is 2. The SMILES string of the molecule is CC(=O)O[C@H]1C=CC2C3Cc4c(CCC(=O)NCCSSCCNC(=O)CCc5cc(O)c6c7c5CC5C8C=C[C@@H](OC(C)=O)[C@@H](O6)[C@@]78CCN5C)cc(O)c5c4[C@@]2(CCN3C)[C@H]1O5. The number of phenolic OH excluding ortho intramolecular Hbond substituents is 2. The molecular weight excluding hydrogens is 857 g/mol. The Hall–Kier alpha value is -4.38. The number of nitrogens with zero attached hydrogens (tertiary/aromatic N) is 2. The van der Waals surface area contributed by atoms with E-state index in [1.165, 1.54) is 13.8 Å². The molecule has 2 fully saturated rings. The highest BCUT2D eigenvalue weighted by molar-refractivity contribution is 8.76. The number of nitrogens with one attached hydrogen (secondary N) is 2. The highest BCUT2D eigenvalue weighted by Crippen LogP contribution is 2.65. The number of ether oxygens (including phenoxy) is 4. The molecule has 64 heavy (non-hydrogen) atoms. The van der Waals surface area contributed by atoms with Crippen molar-refractivity contribution in [2.45, 2.75) is 113 Å². The molecule has 4 heterocycles. The first-order valence-electron chi connectivity index (χ1n) is 22.8. The number of likely N-dealkylation sites (N-methyl/N-ethyl adjacent to an activating group) is 2. The average molecular weight is 915 g/mol. The number of carbonyl (C=O) groups excluding carboxylic acids is 4. The van der Waals surface area contributed by atoms with Crippen LogP contribution in [0.5, 0.6) is 23.0 Å². The molecule has 10 rings (SSSR count). The normalized spacial score (nSPS) is 31.9. The number of rotatable bonds is 15. The van der Waals surface area contributed by atoms with E-state index < -0.39 is 35.2 Å². The molecule has 8 aliphatic rings. The molecule has 2 saturated heterocycles. The van der Waals surface area contributed by atoms with Crippen LogP contribution in [-0.4, -0.2) is 132 Å². The number of phenols is 2. The maximum Gasteiger partial charge on any atom is 0.303 e. The van der Waals surface area contributed by atoms with E-state index in [2.05, 4.69) is 46.7 Å². The lowest BCUT2D eigenvalue weighted by atomic mass is 9.53. The Kier molecular flexibility index (Phi) is 11.4. The minimum atomic E-state index is -0.534. The van der Waals surface area contributed by atoms with E-state index in [0.29, 0.717) is 61.8 Å². The zero-order valence-corrected chi connectivity index (χ0v) is 38.5. The van der Waals surface area contributed by atoms with Gasteiger partial charge in [0.05, 0.1) is 0 Å². The number of carbonyl (C=O) groups is 4. The van der Waals surface area contributed by atoms with Crippen LogP contribution in [0, 0.1) is 11.8 Å². The van der Waals surface area contributed by atoms with Crippen molar-refractivity contribution in [2.24, 2.45) is 11.8 Å². The van der Waals surface area contributed by atoms with E-state index in [1.807, 2.05) is 12.2 Å². The summed E-state index contributed by atoms with van der Waals surface area (Å²) in [6.07, 6.45) is 11.2. The Morgan fingerprint density at radius 3 is 1.53 bits per heavy atom. The van der Waals surface area contributed by atoms with Gasteiger partial charge in [0.25, 0.3) is 0 Å². The lowest BCUT2D eigenvalue weighted by Crippen LogP contribution is -2.65. The van der Waals surface area contributed by atoms with Gasteiger partial charge in [-0.25, -0.2) is 0 Å². The lowest BCUT2D eigenvalue weighted by molar-refractivity contribution is -0.153. The lowest BCUT2D eigenvalue weighted by Gasteiger charge is -2.56. The van der Waals surface area contributed by atoms with Gasteiger partial charge in [0.2, 0.25) is 11.8 Å². The summed E-state index contributed by atoms with van der Waals surface area (Å²) in [6.45, 7) is 5.61. The van der Waals surface area contributed by atoms with Crippen molar-refractivity contribution < 1.29 is 48.3 Å². The number of likely N-dealkylation sites (tertiary alicyclic amines) is 2. The molecular formula is C48H58N4O10S2. The number of amides is 2. The number of hydrogen-bond acceptors (Lipinski definition) is 14. The summed E-state index contributed by atoms with van der Waals surface area (Å²) in [5.41, 5.74) is 5.51. The minimum absolute atomic E-state index is 0.0477. The summed E-state index contributed by atoms with van der Waals surface area (Å²) in [5.74, 6) is 2.09. The van der Waals surface area contributed by atoms with E-state index in [-0.39, 0.29) is 59.2 Å². The Morgan fingerprint density at radius 2 is 1.12 bits per heavy atom. The second kappa shape index (κ2) is 16.8.